The van der Waals surface area contributed by atoms with Gasteiger partial charge in [-0.2, -0.15) is 0 Å². The molecule has 0 saturated carbocycles. The molecule has 112 valence electrons. The first-order valence-corrected chi connectivity index (χ1v) is 7.19. The molecule has 1 aliphatic rings. The summed E-state index contributed by atoms with van der Waals surface area (Å²) in [6.07, 6.45) is -0.0582. The van der Waals surface area contributed by atoms with E-state index in [4.69, 9.17) is 9.47 Å². The van der Waals surface area contributed by atoms with Gasteiger partial charge in [0.1, 0.15) is 6.04 Å². The zero-order chi connectivity index (χ0) is 15.4. The maximum absolute atomic E-state index is 12.0. The number of carbonyl (C=O) groups is 1. The zero-order valence-electron chi connectivity index (χ0n) is 12.3. The van der Waals surface area contributed by atoms with E-state index in [9.17, 15) is 4.79 Å². The minimum Gasteiger partial charge on any atom is -0.466 e. The molecule has 0 N–H and O–H groups in total. The highest BCUT2D eigenvalue weighted by atomic mass is 16.6. The van der Waals surface area contributed by atoms with Crippen LogP contribution in [0.15, 0.2) is 65.7 Å². The van der Waals surface area contributed by atoms with Crippen LogP contribution in [-0.2, 0) is 20.7 Å². The van der Waals surface area contributed by atoms with Gasteiger partial charge < -0.3 is 9.47 Å². The molecule has 0 radical (unpaired) electrons. The SMILES string of the molecule is COC(=O)[C@@H]1OC(c2ccccc2)=N[C@H]1Cc1ccccc1. The molecule has 4 heteroatoms. The van der Waals surface area contributed by atoms with Crippen molar-refractivity contribution in [2.24, 2.45) is 4.99 Å². The number of esters is 1. The fraction of sp³-hybridized carbons (Fsp3) is 0.222. The van der Waals surface area contributed by atoms with Gasteiger partial charge in [0.2, 0.25) is 12.0 Å². The molecule has 1 heterocycles. The molecule has 0 aliphatic carbocycles. The van der Waals surface area contributed by atoms with Crippen molar-refractivity contribution >= 4 is 11.9 Å². The molecule has 0 fully saturated rings. The molecule has 1 aliphatic heterocycles. The van der Waals surface area contributed by atoms with Gasteiger partial charge in [0.05, 0.1) is 7.11 Å². The van der Waals surface area contributed by atoms with Gasteiger partial charge in [0.15, 0.2) is 0 Å². The number of hydrogen-bond acceptors (Lipinski definition) is 4. The molecule has 4 nitrogen and oxygen atoms in total. The molecule has 0 saturated heterocycles. The minimum atomic E-state index is -0.694. The largest absolute Gasteiger partial charge is 0.466 e. The first kappa shape index (κ1) is 14.3. The first-order valence-electron chi connectivity index (χ1n) is 7.19. The Morgan fingerprint density at radius 3 is 2.36 bits per heavy atom. The van der Waals surface area contributed by atoms with E-state index in [-0.39, 0.29) is 6.04 Å². The smallest absolute Gasteiger partial charge is 0.349 e. The number of ether oxygens (including phenoxy) is 2. The Morgan fingerprint density at radius 2 is 1.73 bits per heavy atom. The summed E-state index contributed by atoms with van der Waals surface area (Å²) >= 11 is 0. The van der Waals surface area contributed by atoms with Crippen LogP contribution in [-0.4, -0.2) is 31.1 Å². The number of benzene rings is 2. The third kappa shape index (κ3) is 3.01. The van der Waals surface area contributed by atoms with Gasteiger partial charge in [-0.1, -0.05) is 48.5 Å². The monoisotopic (exact) mass is 295 g/mol. The lowest BCUT2D eigenvalue weighted by atomic mass is 10.0. The molecule has 2 aromatic carbocycles. The van der Waals surface area contributed by atoms with E-state index in [1.807, 2.05) is 60.7 Å². The molecule has 0 unspecified atom stereocenters. The Kier molecular flexibility index (Phi) is 4.19. The van der Waals surface area contributed by atoms with Crippen LogP contribution in [0.2, 0.25) is 0 Å². The number of nitrogens with zero attached hydrogens (tertiary/aromatic N) is 1. The summed E-state index contributed by atoms with van der Waals surface area (Å²) in [5, 5.41) is 0. The van der Waals surface area contributed by atoms with Gasteiger partial charge in [-0.3, -0.25) is 0 Å². The van der Waals surface area contributed by atoms with Gasteiger partial charge in [-0.15, -0.1) is 0 Å². The van der Waals surface area contributed by atoms with E-state index in [2.05, 4.69) is 4.99 Å². The van der Waals surface area contributed by atoms with E-state index in [1.165, 1.54) is 7.11 Å². The van der Waals surface area contributed by atoms with Crippen molar-refractivity contribution < 1.29 is 14.3 Å². The Morgan fingerprint density at radius 1 is 1.09 bits per heavy atom. The molecular weight excluding hydrogens is 278 g/mol. The van der Waals surface area contributed by atoms with Crippen molar-refractivity contribution in [1.29, 1.82) is 0 Å². The van der Waals surface area contributed by atoms with Crippen molar-refractivity contribution in [3.05, 3.63) is 71.8 Å². The fourth-order valence-corrected chi connectivity index (χ4v) is 2.50. The third-order valence-electron chi connectivity index (χ3n) is 3.61. The minimum absolute atomic E-state index is 0.273. The van der Waals surface area contributed by atoms with Gasteiger partial charge in [-0.25, -0.2) is 9.79 Å². The van der Waals surface area contributed by atoms with E-state index in [0.29, 0.717) is 12.3 Å². The quantitative estimate of drug-likeness (QED) is 0.815. The van der Waals surface area contributed by atoms with Crippen LogP contribution in [0.4, 0.5) is 0 Å². The molecule has 2 atom stereocenters. The van der Waals surface area contributed by atoms with Gasteiger partial charge in [0.25, 0.3) is 0 Å². The fourth-order valence-electron chi connectivity index (χ4n) is 2.50. The summed E-state index contributed by atoms with van der Waals surface area (Å²) in [7, 11) is 1.37. The van der Waals surface area contributed by atoms with Crippen molar-refractivity contribution in [2.45, 2.75) is 18.6 Å². The third-order valence-corrected chi connectivity index (χ3v) is 3.61. The maximum Gasteiger partial charge on any atom is 0.349 e. The molecule has 2 aromatic rings. The highest BCUT2D eigenvalue weighted by Crippen LogP contribution is 2.22. The van der Waals surface area contributed by atoms with Crippen LogP contribution in [0.1, 0.15) is 11.1 Å². The van der Waals surface area contributed by atoms with Crippen LogP contribution in [0.3, 0.4) is 0 Å². The lowest BCUT2D eigenvalue weighted by Crippen LogP contribution is -2.34. The summed E-state index contributed by atoms with van der Waals surface area (Å²) in [6, 6.07) is 19.3. The van der Waals surface area contributed by atoms with Crippen LogP contribution < -0.4 is 0 Å². The van der Waals surface area contributed by atoms with E-state index >= 15 is 0 Å². The number of rotatable bonds is 4. The average molecular weight is 295 g/mol. The molecule has 0 amide bonds. The van der Waals surface area contributed by atoms with Crippen LogP contribution in [0, 0.1) is 0 Å². The van der Waals surface area contributed by atoms with E-state index in [1.54, 1.807) is 0 Å². The lowest BCUT2D eigenvalue weighted by Gasteiger charge is -2.15. The Labute approximate surface area is 129 Å². The van der Waals surface area contributed by atoms with Crippen molar-refractivity contribution in [3.8, 4) is 0 Å². The summed E-state index contributed by atoms with van der Waals surface area (Å²) in [6.45, 7) is 0. The second-order valence-electron chi connectivity index (χ2n) is 5.12. The number of aliphatic imine (C=N–C) groups is 1. The summed E-state index contributed by atoms with van der Waals surface area (Å²) in [4.78, 5) is 16.6. The summed E-state index contributed by atoms with van der Waals surface area (Å²) in [5.74, 6) is 0.104. The summed E-state index contributed by atoms with van der Waals surface area (Å²) in [5.41, 5.74) is 1.98. The predicted molar refractivity (Wildman–Crippen MR) is 83.8 cm³/mol. The van der Waals surface area contributed by atoms with Crippen molar-refractivity contribution in [3.63, 3.8) is 0 Å². The Hall–Kier alpha value is -2.62. The first-order chi connectivity index (χ1) is 10.8. The normalized spacial score (nSPS) is 20.1. The topological polar surface area (TPSA) is 47.9 Å². The van der Waals surface area contributed by atoms with Crippen LogP contribution in [0.25, 0.3) is 0 Å². The number of methoxy groups -OCH3 is 1. The maximum atomic E-state index is 12.0. The molecular formula is C18H17NO3. The van der Waals surface area contributed by atoms with Gasteiger partial charge >= 0.3 is 5.97 Å². The highest BCUT2D eigenvalue weighted by molar-refractivity contribution is 5.97. The van der Waals surface area contributed by atoms with Crippen molar-refractivity contribution in [2.75, 3.05) is 7.11 Å². The molecule has 22 heavy (non-hydrogen) atoms. The highest BCUT2D eigenvalue weighted by Gasteiger charge is 2.38. The summed E-state index contributed by atoms with van der Waals surface area (Å²) < 4.78 is 10.6. The van der Waals surface area contributed by atoms with Gasteiger partial charge in [-0.05, 0) is 24.1 Å². The van der Waals surface area contributed by atoms with Crippen molar-refractivity contribution in [1.82, 2.24) is 0 Å². The lowest BCUT2D eigenvalue weighted by molar-refractivity contribution is -0.149. The molecule has 3 rings (SSSR count). The molecule has 0 aromatic heterocycles. The van der Waals surface area contributed by atoms with Crippen LogP contribution >= 0.6 is 0 Å². The number of hydrogen-bond donors (Lipinski definition) is 0. The molecule has 0 spiro atoms. The second kappa shape index (κ2) is 6.43. The zero-order valence-corrected chi connectivity index (χ0v) is 12.3. The predicted octanol–water partition coefficient (Wildman–Crippen LogP) is 2.62. The Balaban J connectivity index is 1.86. The standard InChI is InChI=1S/C18H17NO3/c1-21-18(20)16-15(12-13-8-4-2-5-9-13)19-17(22-16)14-10-6-3-7-11-14/h2-11,15-16H,12H2,1H3/t15-,16+/m0/s1. The molecule has 0 bridgehead atoms. The van der Waals surface area contributed by atoms with Gasteiger partial charge in [0, 0.05) is 5.56 Å². The second-order valence-corrected chi connectivity index (χ2v) is 5.12. The van der Waals surface area contributed by atoms with Crippen LogP contribution in [0.5, 0.6) is 0 Å². The van der Waals surface area contributed by atoms with E-state index < -0.39 is 12.1 Å². The Bertz CT molecular complexity index is 667. The average Bonchev–Trinajstić information content (AvgIpc) is 3.00. The van der Waals surface area contributed by atoms with E-state index in [0.717, 1.165) is 11.1 Å². The number of carbonyl (C=O) groups excluding carboxylic acids is 1.